The van der Waals surface area contributed by atoms with Crippen molar-refractivity contribution in [2.75, 3.05) is 13.1 Å². The maximum absolute atomic E-state index is 11.1. The number of hydrogen-bond acceptors (Lipinski definition) is 5. The van der Waals surface area contributed by atoms with Crippen LogP contribution in [0.15, 0.2) is 24.5 Å². The molecule has 6 heteroatoms. The van der Waals surface area contributed by atoms with Gasteiger partial charge in [0.1, 0.15) is 11.3 Å². The maximum atomic E-state index is 11.1. The van der Waals surface area contributed by atoms with Gasteiger partial charge in [-0.15, -0.1) is 5.10 Å². The van der Waals surface area contributed by atoms with Crippen LogP contribution in [0.2, 0.25) is 0 Å². The topological polar surface area (TPSA) is 67.1 Å². The number of pyridine rings is 1. The van der Waals surface area contributed by atoms with Crippen molar-refractivity contribution in [1.29, 1.82) is 0 Å². The van der Waals surface area contributed by atoms with Crippen LogP contribution in [-0.4, -0.2) is 43.1 Å². The Morgan fingerprint density at radius 2 is 2.22 bits per heavy atom. The van der Waals surface area contributed by atoms with E-state index >= 15 is 0 Å². The number of likely N-dealkylation sites (tertiary alicyclic amines) is 1. The average Bonchev–Trinajstić information content (AvgIpc) is 3.01. The molecule has 23 heavy (non-hydrogen) atoms. The van der Waals surface area contributed by atoms with E-state index in [-0.39, 0.29) is 6.04 Å². The lowest BCUT2D eigenvalue weighted by Crippen LogP contribution is -2.46. The number of nitrogens with zero attached hydrogens (tertiary/aromatic N) is 5. The molecule has 6 nitrogen and oxygen atoms in total. The summed E-state index contributed by atoms with van der Waals surface area (Å²) in [6, 6.07) is 4.31. The van der Waals surface area contributed by atoms with Gasteiger partial charge in [0.15, 0.2) is 0 Å². The largest absolute Gasteiger partial charge is 0.382 e. The number of aromatic nitrogens is 4. The Morgan fingerprint density at radius 1 is 1.39 bits per heavy atom. The van der Waals surface area contributed by atoms with Gasteiger partial charge in [-0.3, -0.25) is 9.88 Å². The molecule has 1 N–H and O–H groups in total. The van der Waals surface area contributed by atoms with Crippen molar-refractivity contribution >= 4 is 0 Å². The van der Waals surface area contributed by atoms with E-state index in [9.17, 15) is 5.11 Å². The summed E-state index contributed by atoms with van der Waals surface area (Å²) in [5.41, 5.74) is 2.02. The molecule has 3 rings (SSSR count). The molecule has 1 fully saturated rings. The van der Waals surface area contributed by atoms with Gasteiger partial charge in [-0.2, -0.15) is 0 Å². The Hall–Kier alpha value is -1.79. The second-order valence-electron chi connectivity index (χ2n) is 6.77. The van der Waals surface area contributed by atoms with E-state index in [0.29, 0.717) is 12.2 Å². The number of hydrogen-bond donors (Lipinski definition) is 1. The highest BCUT2D eigenvalue weighted by molar-refractivity contribution is 5.19. The Balaban J connectivity index is 1.75. The second kappa shape index (κ2) is 6.37. The fourth-order valence-electron chi connectivity index (χ4n) is 3.14. The average molecular weight is 315 g/mol. The van der Waals surface area contributed by atoms with Gasteiger partial charge in [-0.05, 0) is 51.8 Å². The predicted octanol–water partition coefficient (Wildman–Crippen LogP) is 2.05. The fraction of sp³-hybridized carbons (Fsp3) is 0.588. The molecule has 2 aromatic heterocycles. The van der Waals surface area contributed by atoms with Crippen molar-refractivity contribution in [3.05, 3.63) is 41.5 Å². The number of β-amino-alcohol motifs (C(OH)–C–C–N with tert-alkyl or cyclic N) is 1. The summed E-state index contributed by atoms with van der Waals surface area (Å²) in [5, 5.41) is 19.4. The molecule has 0 saturated carbocycles. The molecule has 1 atom stereocenters. The number of aryl methyl sites for hydroxylation is 1. The lowest BCUT2D eigenvalue weighted by atomic mass is 9.89. The molecule has 1 saturated heterocycles. The first-order valence-electron chi connectivity index (χ1n) is 8.25. The first kappa shape index (κ1) is 16.1. The van der Waals surface area contributed by atoms with Crippen LogP contribution in [0.5, 0.6) is 0 Å². The molecular formula is C17H25N5O. The molecule has 0 bridgehead atoms. The monoisotopic (exact) mass is 315 g/mol. The van der Waals surface area contributed by atoms with Gasteiger partial charge in [0.05, 0.1) is 6.20 Å². The van der Waals surface area contributed by atoms with Crippen LogP contribution in [0.3, 0.4) is 0 Å². The summed E-state index contributed by atoms with van der Waals surface area (Å²) in [5.74, 6) is 0. The lowest BCUT2D eigenvalue weighted by molar-refractivity contribution is -0.0415. The smallest absolute Gasteiger partial charge is 0.123 e. The van der Waals surface area contributed by atoms with E-state index in [1.54, 1.807) is 4.68 Å². The normalized spacial score (nSPS) is 22.7. The van der Waals surface area contributed by atoms with Gasteiger partial charge in [-0.25, -0.2) is 4.68 Å². The standard InChI is InChI=1S/C17H25N5O/c1-13(2)22-11-16(19-20-22)17(23)7-5-9-21(12-17)10-15-6-4-8-18-14(15)3/h4,6,8,11,13,23H,5,7,9-10,12H2,1-3H3/t17-/m1/s1. The van der Waals surface area contributed by atoms with Gasteiger partial charge >= 0.3 is 0 Å². The van der Waals surface area contributed by atoms with E-state index < -0.39 is 5.60 Å². The Morgan fingerprint density at radius 3 is 2.91 bits per heavy atom. The Labute approximate surface area is 137 Å². The summed E-state index contributed by atoms with van der Waals surface area (Å²) < 4.78 is 1.80. The lowest BCUT2D eigenvalue weighted by Gasteiger charge is -2.38. The third-order valence-electron chi connectivity index (χ3n) is 4.58. The van der Waals surface area contributed by atoms with Gasteiger partial charge in [0.25, 0.3) is 0 Å². The van der Waals surface area contributed by atoms with Gasteiger partial charge < -0.3 is 5.11 Å². The van der Waals surface area contributed by atoms with E-state index in [2.05, 4.69) is 40.1 Å². The van der Waals surface area contributed by atoms with Crippen LogP contribution < -0.4 is 0 Å². The zero-order valence-corrected chi connectivity index (χ0v) is 14.1. The van der Waals surface area contributed by atoms with Crippen LogP contribution in [0.4, 0.5) is 0 Å². The molecule has 0 aliphatic carbocycles. The minimum absolute atomic E-state index is 0.248. The predicted molar refractivity (Wildman–Crippen MR) is 87.8 cm³/mol. The first-order chi connectivity index (χ1) is 11.0. The molecule has 0 unspecified atom stereocenters. The van der Waals surface area contributed by atoms with Crippen LogP contribution in [0.1, 0.15) is 49.7 Å². The van der Waals surface area contributed by atoms with E-state index in [0.717, 1.165) is 31.6 Å². The van der Waals surface area contributed by atoms with Gasteiger partial charge in [0, 0.05) is 31.0 Å². The van der Waals surface area contributed by atoms with Crippen molar-refractivity contribution in [1.82, 2.24) is 24.9 Å². The number of aliphatic hydroxyl groups is 1. The van der Waals surface area contributed by atoms with Crippen molar-refractivity contribution in [3.63, 3.8) is 0 Å². The maximum Gasteiger partial charge on any atom is 0.123 e. The third-order valence-corrected chi connectivity index (χ3v) is 4.58. The SMILES string of the molecule is Cc1ncccc1CN1CCC[C@](O)(c2cn(C(C)C)nn2)C1. The summed E-state index contributed by atoms with van der Waals surface area (Å²) in [7, 11) is 0. The molecular weight excluding hydrogens is 290 g/mol. The van der Waals surface area contributed by atoms with Crippen molar-refractivity contribution in [2.45, 2.75) is 51.8 Å². The molecule has 0 aromatic carbocycles. The first-order valence-corrected chi connectivity index (χ1v) is 8.25. The zero-order chi connectivity index (χ0) is 16.4. The number of rotatable bonds is 4. The molecule has 1 aliphatic heterocycles. The number of piperidine rings is 1. The van der Waals surface area contributed by atoms with E-state index in [1.807, 2.05) is 25.4 Å². The fourth-order valence-corrected chi connectivity index (χ4v) is 3.14. The van der Waals surface area contributed by atoms with Crippen LogP contribution >= 0.6 is 0 Å². The van der Waals surface area contributed by atoms with Crippen molar-refractivity contribution in [3.8, 4) is 0 Å². The highest BCUT2D eigenvalue weighted by Crippen LogP contribution is 2.31. The zero-order valence-electron chi connectivity index (χ0n) is 14.1. The molecule has 2 aromatic rings. The minimum Gasteiger partial charge on any atom is -0.382 e. The molecule has 1 aliphatic rings. The summed E-state index contributed by atoms with van der Waals surface area (Å²) in [6.45, 7) is 8.51. The molecule has 0 spiro atoms. The highest BCUT2D eigenvalue weighted by atomic mass is 16.3. The molecule has 0 amide bonds. The quantitative estimate of drug-likeness (QED) is 0.935. The van der Waals surface area contributed by atoms with E-state index in [1.165, 1.54) is 5.56 Å². The van der Waals surface area contributed by atoms with Crippen molar-refractivity contribution in [2.24, 2.45) is 0 Å². The minimum atomic E-state index is -0.915. The van der Waals surface area contributed by atoms with E-state index in [4.69, 9.17) is 0 Å². The Kier molecular flexibility index (Phi) is 4.46. The third kappa shape index (κ3) is 3.43. The highest BCUT2D eigenvalue weighted by Gasteiger charge is 2.37. The van der Waals surface area contributed by atoms with Crippen LogP contribution in [0, 0.1) is 6.92 Å². The van der Waals surface area contributed by atoms with Crippen molar-refractivity contribution < 1.29 is 5.11 Å². The second-order valence-corrected chi connectivity index (χ2v) is 6.77. The Bertz CT molecular complexity index is 669. The van der Waals surface area contributed by atoms with Gasteiger partial charge in [0.2, 0.25) is 0 Å². The summed E-state index contributed by atoms with van der Waals surface area (Å²) in [4.78, 5) is 6.63. The molecule has 124 valence electrons. The summed E-state index contributed by atoms with van der Waals surface area (Å²) in [6.07, 6.45) is 5.37. The molecule has 0 radical (unpaired) electrons. The van der Waals surface area contributed by atoms with Crippen LogP contribution in [0.25, 0.3) is 0 Å². The molecule has 3 heterocycles. The van der Waals surface area contributed by atoms with Gasteiger partial charge in [-0.1, -0.05) is 11.3 Å². The van der Waals surface area contributed by atoms with Crippen LogP contribution in [-0.2, 0) is 12.1 Å². The summed E-state index contributed by atoms with van der Waals surface area (Å²) >= 11 is 0.